The summed E-state index contributed by atoms with van der Waals surface area (Å²) in [5.74, 6) is 0.319. The fraction of sp³-hybridized carbons (Fsp3) is 0.0870. The van der Waals surface area contributed by atoms with Gasteiger partial charge in [-0.3, -0.25) is 4.79 Å². The molecule has 0 saturated carbocycles. The Morgan fingerprint density at radius 2 is 1.67 bits per heavy atom. The second kappa shape index (κ2) is 6.89. The van der Waals surface area contributed by atoms with E-state index in [-0.39, 0.29) is 17.3 Å². The van der Waals surface area contributed by atoms with Crippen molar-refractivity contribution >= 4 is 27.2 Å². The van der Waals surface area contributed by atoms with Gasteiger partial charge in [-0.25, -0.2) is 0 Å². The van der Waals surface area contributed by atoms with E-state index >= 15 is 0 Å². The number of rotatable bonds is 4. The van der Waals surface area contributed by atoms with E-state index in [4.69, 9.17) is 0 Å². The van der Waals surface area contributed by atoms with Crippen molar-refractivity contribution in [2.24, 2.45) is 0 Å². The number of aromatic hydroxyl groups is 2. The van der Waals surface area contributed by atoms with Crippen LogP contribution in [0, 0.1) is 0 Å². The second-order valence-electron chi connectivity index (χ2n) is 6.42. The van der Waals surface area contributed by atoms with Crippen LogP contribution in [0.1, 0.15) is 28.4 Å². The summed E-state index contributed by atoms with van der Waals surface area (Å²) in [5, 5.41) is 20.3. The van der Waals surface area contributed by atoms with E-state index in [0.717, 1.165) is 32.5 Å². The molecular formula is C23H18O3S. The van der Waals surface area contributed by atoms with Gasteiger partial charge in [0.25, 0.3) is 0 Å². The number of hydrogen-bond donors (Lipinski definition) is 2. The van der Waals surface area contributed by atoms with E-state index in [1.54, 1.807) is 42.5 Å². The van der Waals surface area contributed by atoms with Crippen LogP contribution < -0.4 is 0 Å². The lowest BCUT2D eigenvalue weighted by Gasteiger charge is -2.07. The lowest BCUT2D eigenvalue weighted by Crippen LogP contribution is -2.02. The number of hydrogen-bond acceptors (Lipinski definition) is 4. The first-order valence-corrected chi connectivity index (χ1v) is 9.57. The molecule has 4 heteroatoms. The quantitative estimate of drug-likeness (QED) is 0.446. The number of phenols is 2. The summed E-state index contributed by atoms with van der Waals surface area (Å²) in [6.07, 6.45) is 0.865. The van der Waals surface area contributed by atoms with Gasteiger partial charge in [0, 0.05) is 26.1 Å². The summed E-state index contributed by atoms with van der Waals surface area (Å²) in [5.41, 5.74) is 3.27. The highest BCUT2D eigenvalue weighted by Gasteiger charge is 2.22. The number of carbonyl (C=O) groups excluding carboxylic acids is 1. The van der Waals surface area contributed by atoms with E-state index in [9.17, 15) is 15.0 Å². The molecule has 4 aromatic rings. The van der Waals surface area contributed by atoms with Gasteiger partial charge in [0.2, 0.25) is 0 Å². The van der Waals surface area contributed by atoms with Crippen molar-refractivity contribution in [2.45, 2.75) is 13.3 Å². The van der Waals surface area contributed by atoms with Crippen LogP contribution in [0.15, 0.2) is 66.7 Å². The maximum Gasteiger partial charge on any atom is 0.195 e. The Balaban J connectivity index is 1.95. The van der Waals surface area contributed by atoms with Crippen LogP contribution in [-0.2, 0) is 6.42 Å². The molecular weight excluding hydrogens is 356 g/mol. The molecule has 27 heavy (non-hydrogen) atoms. The minimum Gasteiger partial charge on any atom is -0.508 e. The molecule has 4 rings (SSSR count). The summed E-state index contributed by atoms with van der Waals surface area (Å²) in [6.45, 7) is 2.06. The highest BCUT2D eigenvalue weighted by atomic mass is 32.1. The van der Waals surface area contributed by atoms with E-state index < -0.39 is 0 Å². The summed E-state index contributed by atoms with van der Waals surface area (Å²) < 4.78 is 0.855. The molecule has 3 aromatic carbocycles. The minimum absolute atomic E-state index is 0.0367. The first-order chi connectivity index (χ1) is 13.1. The van der Waals surface area contributed by atoms with Crippen LogP contribution in [0.2, 0.25) is 0 Å². The number of fused-ring (bicyclic) bond motifs is 1. The monoisotopic (exact) mass is 374 g/mol. The third kappa shape index (κ3) is 3.20. The molecule has 0 bridgehead atoms. The third-order valence-electron chi connectivity index (χ3n) is 4.63. The van der Waals surface area contributed by atoms with E-state index in [1.165, 1.54) is 11.3 Å². The molecule has 0 aliphatic carbocycles. The van der Waals surface area contributed by atoms with Gasteiger partial charge in [-0.05, 0) is 66.1 Å². The molecule has 2 N–H and O–H groups in total. The summed E-state index contributed by atoms with van der Waals surface area (Å²) >= 11 is 1.47. The first kappa shape index (κ1) is 17.3. The maximum absolute atomic E-state index is 13.4. The van der Waals surface area contributed by atoms with E-state index in [0.29, 0.717) is 11.1 Å². The standard InChI is InChI=1S/C23H18O3S/c1-2-14-4-3-5-16(12-14)22(26)21-19-11-10-18(25)13-20(19)27-23(21)15-6-8-17(24)9-7-15/h3-13,24-25H,2H2,1H3. The molecule has 0 amide bonds. The van der Waals surface area contributed by atoms with Gasteiger partial charge in [0.15, 0.2) is 5.78 Å². The Morgan fingerprint density at radius 3 is 2.41 bits per heavy atom. The zero-order valence-electron chi connectivity index (χ0n) is 14.8. The molecule has 0 radical (unpaired) electrons. The van der Waals surface area contributed by atoms with Gasteiger partial charge in [-0.1, -0.05) is 25.1 Å². The van der Waals surface area contributed by atoms with Crippen molar-refractivity contribution in [1.29, 1.82) is 0 Å². The number of phenolic OH excluding ortho intramolecular Hbond substituents is 2. The molecule has 3 nitrogen and oxygen atoms in total. The average Bonchev–Trinajstić information content (AvgIpc) is 3.06. The Bertz CT molecular complexity index is 1140. The van der Waals surface area contributed by atoms with Crippen molar-refractivity contribution in [2.75, 3.05) is 0 Å². The topological polar surface area (TPSA) is 57.5 Å². The third-order valence-corrected chi connectivity index (χ3v) is 5.83. The van der Waals surface area contributed by atoms with Gasteiger partial charge in [0.1, 0.15) is 11.5 Å². The van der Waals surface area contributed by atoms with Crippen LogP contribution in [0.25, 0.3) is 20.5 Å². The Morgan fingerprint density at radius 1 is 0.926 bits per heavy atom. The molecule has 0 aliphatic rings. The van der Waals surface area contributed by atoms with Crippen molar-refractivity contribution in [1.82, 2.24) is 0 Å². The zero-order valence-corrected chi connectivity index (χ0v) is 15.6. The normalized spacial score (nSPS) is 11.0. The lowest BCUT2D eigenvalue weighted by atomic mass is 9.96. The predicted octanol–water partition coefficient (Wildman–Crippen LogP) is 5.77. The smallest absolute Gasteiger partial charge is 0.195 e. The van der Waals surface area contributed by atoms with Gasteiger partial charge in [0.05, 0.1) is 0 Å². The second-order valence-corrected chi connectivity index (χ2v) is 7.47. The Labute approximate surface area is 161 Å². The highest BCUT2D eigenvalue weighted by Crippen LogP contribution is 2.41. The molecule has 0 spiro atoms. The molecule has 0 unspecified atom stereocenters. The largest absolute Gasteiger partial charge is 0.508 e. The van der Waals surface area contributed by atoms with Crippen LogP contribution in [0.3, 0.4) is 0 Å². The molecule has 134 valence electrons. The molecule has 0 atom stereocenters. The van der Waals surface area contributed by atoms with E-state index in [2.05, 4.69) is 6.92 Å². The number of ketones is 1. The zero-order chi connectivity index (χ0) is 19.0. The van der Waals surface area contributed by atoms with Gasteiger partial charge in [-0.2, -0.15) is 0 Å². The molecule has 1 aromatic heterocycles. The number of benzene rings is 3. The average molecular weight is 374 g/mol. The van der Waals surface area contributed by atoms with E-state index in [1.807, 2.05) is 24.3 Å². The predicted molar refractivity (Wildman–Crippen MR) is 110 cm³/mol. The van der Waals surface area contributed by atoms with Crippen LogP contribution in [0.5, 0.6) is 11.5 Å². The van der Waals surface area contributed by atoms with Crippen LogP contribution >= 0.6 is 11.3 Å². The fourth-order valence-corrected chi connectivity index (χ4v) is 4.44. The highest BCUT2D eigenvalue weighted by molar-refractivity contribution is 7.22. The summed E-state index contributed by atoms with van der Waals surface area (Å²) in [6, 6.07) is 19.6. The molecule has 0 fully saturated rings. The molecule has 0 saturated heterocycles. The summed E-state index contributed by atoms with van der Waals surface area (Å²) in [7, 11) is 0. The Kier molecular flexibility index (Phi) is 4.42. The van der Waals surface area contributed by atoms with Crippen molar-refractivity contribution in [3.63, 3.8) is 0 Å². The van der Waals surface area contributed by atoms with Crippen molar-refractivity contribution in [3.05, 3.63) is 83.4 Å². The van der Waals surface area contributed by atoms with Gasteiger partial charge in [-0.15, -0.1) is 11.3 Å². The first-order valence-electron chi connectivity index (χ1n) is 8.75. The van der Waals surface area contributed by atoms with Crippen LogP contribution in [0.4, 0.5) is 0 Å². The minimum atomic E-state index is -0.0367. The van der Waals surface area contributed by atoms with Gasteiger partial charge >= 0.3 is 0 Å². The fourth-order valence-electron chi connectivity index (χ4n) is 3.20. The lowest BCUT2D eigenvalue weighted by molar-refractivity contribution is 0.104. The number of aryl methyl sites for hydroxylation is 1. The number of thiophene rings is 1. The summed E-state index contributed by atoms with van der Waals surface area (Å²) in [4.78, 5) is 14.3. The SMILES string of the molecule is CCc1cccc(C(=O)c2c(-c3ccc(O)cc3)sc3cc(O)ccc23)c1. The van der Waals surface area contributed by atoms with Crippen LogP contribution in [-0.4, -0.2) is 16.0 Å². The van der Waals surface area contributed by atoms with Crippen molar-refractivity contribution in [3.8, 4) is 21.9 Å². The van der Waals surface area contributed by atoms with Gasteiger partial charge < -0.3 is 10.2 Å². The molecule has 0 aliphatic heterocycles. The number of carbonyl (C=O) groups is 1. The Hall–Kier alpha value is -3.11. The molecule has 1 heterocycles. The maximum atomic E-state index is 13.4. The van der Waals surface area contributed by atoms with Crippen molar-refractivity contribution < 1.29 is 15.0 Å².